The molecule has 148 valence electrons. The van der Waals surface area contributed by atoms with E-state index in [2.05, 4.69) is 26.0 Å². The standard InChI is InChI=1S/C18H34N6O2/c1-6-19-16(20-10-7-9-15-13-23-24(5)14-15)21-11-8-12-22-17(25)26-18(2,3)4/h13-14H,6-12H2,1-5H3,(H,22,25)(H2,19,20,21). The van der Waals surface area contributed by atoms with Crippen molar-refractivity contribution >= 4 is 12.1 Å². The Kier molecular flexibility index (Phi) is 9.54. The molecule has 0 spiro atoms. The topological polar surface area (TPSA) is 92.6 Å². The molecule has 26 heavy (non-hydrogen) atoms. The number of carbonyl (C=O) groups is 1. The first-order valence-corrected chi connectivity index (χ1v) is 9.26. The van der Waals surface area contributed by atoms with E-state index in [9.17, 15) is 4.79 Å². The van der Waals surface area contributed by atoms with Crippen molar-refractivity contribution in [1.82, 2.24) is 25.7 Å². The second-order valence-electron chi connectivity index (χ2n) is 7.10. The fourth-order valence-corrected chi connectivity index (χ4v) is 2.22. The molecule has 1 heterocycles. The van der Waals surface area contributed by atoms with Crippen LogP contribution in [-0.4, -0.2) is 53.6 Å². The molecule has 8 nitrogen and oxygen atoms in total. The van der Waals surface area contributed by atoms with Crippen LogP contribution in [-0.2, 0) is 18.2 Å². The van der Waals surface area contributed by atoms with Gasteiger partial charge in [0.2, 0.25) is 0 Å². The van der Waals surface area contributed by atoms with E-state index >= 15 is 0 Å². The van der Waals surface area contributed by atoms with Crippen molar-refractivity contribution in [2.45, 2.75) is 52.6 Å². The van der Waals surface area contributed by atoms with E-state index in [-0.39, 0.29) is 6.09 Å². The van der Waals surface area contributed by atoms with Crippen molar-refractivity contribution in [3.8, 4) is 0 Å². The van der Waals surface area contributed by atoms with Gasteiger partial charge >= 0.3 is 6.09 Å². The van der Waals surface area contributed by atoms with Gasteiger partial charge in [0.25, 0.3) is 0 Å². The first-order valence-electron chi connectivity index (χ1n) is 9.26. The lowest BCUT2D eigenvalue weighted by atomic mass is 10.2. The van der Waals surface area contributed by atoms with Crippen LogP contribution in [0.15, 0.2) is 17.4 Å². The van der Waals surface area contributed by atoms with Crippen molar-refractivity contribution in [3.05, 3.63) is 18.0 Å². The molecule has 0 atom stereocenters. The Hall–Kier alpha value is -2.25. The summed E-state index contributed by atoms with van der Waals surface area (Å²) < 4.78 is 7.01. The fraction of sp³-hybridized carbons (Fsp3) is 0.722. The Morgan fingerprint density at radius 2 is 1.96 bits per heavy atom. The summed E-state index contributed by atoms with van der Waals surface area (Å²) in [5.74, 6) is 0.802. The predicted molar refractivity (Wildman–Crippen MR) is 104 cm³/mol. The van der Waals surface area contributed by atoms with Gasteiger partial charge in [0.1, 0.15) is 5.60 Å². The van der Waals surface area contributed by atoms with Gasteiger partial charge in [-0.3, -0.25) is 9.67 Å². The van der Waals surface area contributed by atoms with Gasteiger partial charge in [-0.15, -0.1) is 0 Å². The van der Waals surface area contributed by atoms with Gasteiger partial charge in [0, 0.05) is 39.4 Å². The van der Waals surface area contributed by atoms with Crippen LogP contribution >= 0.6 is 0 Å². The second-order valence-corrected chi connectivity index (χ2v) is 7.10. The average molecular weight is 367 g/mol. The molecule has 1 aromatic rings. The van der Waals surface area contributed by atoms with Gasteiger partial charge < -0.3 is 20.7 Å². The lowest BCUT2D eigenvalue weighted by Gasteiger charge is -2.19. The Morgan fingerprint density at radius 1 is 1.23 bits per heavy atom. The van der Waals surface area contributed by atoms with E-state index in [1.807, 2.05) is 51.8 Å². The van der Waals surface area contributed by atoms with Crippen LogP contribution in [0.25, 0.3) is 0 Å². The number of aliphatic imine (C=N–C) groups is 1. The van der Waals surface area contributed by atoms with Gasteiger partial charge in [-0.25, -0.2) is 4.79 Å². The van der Waals surface area contributed by atoms with Gasteiger partial charge in [-0.2, -0.15) is 5.10 Å². The summed E-state index contributed by atoms with van der Waals surface area (Å²) in [6.45, 7) is 10.4. The summed E-state index contributed by atoms with van der Waals surface area (Å²) in [7, 11) is 1.93. The van der Waals surface area contributed by atoms with Crippen molar-refractivity contribution in [1.29, 1.82) is 0 Å². The number of hydrogen-bond donors (Lipinski definition) is 3. The number of rotatable bonds is 9. The van der Waals surface area contributed by atoms with Crippen LogP contribution in [0, 0.1) is 0 Å². The number of amides is 1. The Labute approximate surface area is 156 Å². The summed E-state index contributed by atoms with van der Waals surface area (Å²) in [6.07, 6.45) is 6.30. The zero-order valence-corrected chi connectivity index (χ0v) is 16.8. The molecule has 1 amide bonds. The van der Waals surface area contributed by atoms with E-state index in [4.69, 9.17) is 4.74 Å². The normalized spacial score (nSPS) is 12.0. The molecule has 0 aromatic carbocycles. The Morgan fingerprint density at radius 3 is 2.58 bits per heavy atom. The van der Waals surface area contributed by atoms with Crippen LogP contribution in [0.3, 0.4) is 0 Å². The van der Waals surface area contributed by atoms with Crippen molar-refractivity contribution in [2.24, 2.45) is 12.0 Å². The van der Waals surface area contributed by atoms with Crippen molar-refractivity contribution in [2.75, 3.05) is 26.2 Å². The molecule has 1 rings (SSSR count). The van der Waals surface area contributed by atoms with Gasteiger partial charge in [-0.1, -0.05) is 0 Å². The summed E-state index contributed by atoms with van der Waals surface area (Å²) in [4.78, 5) is 16.1. The molecule has 8 heteroatoms. The van der Waals surface area contributed by atoms with Crippen LogP contribution in [0.1, 0.15) is 46.1 Å². The summed E-state index contributed by atoms with van der Waals surface area (Å²) in [5.41, 5.74) is 0.768. The molecular formula is C18H34N6O2. The zero-order chi connectivity index (χ0) is 19.4. The molecule has 0 bridgehead atoms. The number of hydrogen-bond acceptors (Lipinski definition) is 4. The highest BCUT2D eigenvalue weighted by atomic mass is 16.6. The van der Waals surface area contributed by atoms with Gasteiger partial charge in [-0.05, 0) is 52.5 Å². The molecule has 0 fully saturated rings. The maximum absolute atomic E-state index is 11.6. The van der Waals surface area contributed by atoms with E-state index < -0.39 is 5.60 Å². The zero-order valence-electron chi connectivity index (χ0n) is 16.8. The Balaban J connectivity index is 2.20. The molecule has 0 aliphatic heterocycles. The number of ether oxygens (including phenoxy) is 1. The number of nitrogens with one attached hydrogen (secondary N) is 3. The molecule has 3 N–H and O–H groups in total. The molecule has 0 aliphatic rings. The molecule has 0 radical (unpaired) electrons. The lowest BCUT2D eigenvalue weighted by Crippen LogP contribution is -2.38. The van der Waals surface area contributed by atoms with Crippen molar-refractivity contribution in [3.63, 3.8) is 0 Å². The number of nitrogens with zero attached hydrogens (tertiary/aromatic N) is 3. The summed E-state index contributed by atoms with van der Waals surface area (Å²) in [5, 5.41) is 13.5. The van der Waals surface area contributed by atoms with Crippen LogP contribution in [0.5, 0.6) is 0 Å². The Bertz CT molecular complexity index is 562. The second kappa shape index (κ2) is 11.4. The molecule has 1 aromatic heterocycles. The average Bonchev–Trinajstić information content (AvgIpc) is 2.94. The minimum atomic E-state index is -0.472. The minimum Gasteiger partial charge on any atom is -0.444 e. The van der Waals surface area contributed by atoms with E-state index in [0.29, 0.717) is 13.1 Å². The SMILES string of the molecule is CCNC(=NCCCNC(=O)OC(C)(C)C)NCCCc1cnn(C)c1. The third kappa shape index (κ3) is 10.6. The van der Waals surface area contributed by atoms with E-state index in [1.54, 1.807) is 0 Å². The largest absolute Gasteiger partial charge is 0.444 e. The number of alkyl carbamates (subject to hydrolysis) is 1. The number of guanidine groups is 1. The highest BCUT2D eigenvalue weighted by Crippen LogP contribution is 2.06. The third-order valence-corrected chi connectivity index (χ3v) is 3.31. The first kappa shape index (κ1) is 21.8. The van der Waals surface area contributed by atoms with Crippen LogP contribution < -0.4 is 16.0 Å². The van der Waals surface area contributed by atoms with Crippen LogP contribution in [0.2, 0.25) is 0 Å². The third-order valence-electron chi connectivity index (χ3n) is 3.31. The number of aryl methyl sites for hydroxylation is 2. The quantitative estimate of drug-likeness (QED) is 0.352. The predicted octanol–water partition coefficient (Wildman–Crippen LogP) is 1.82. The number of aromatic nitrogens is 2. The van der Waals surface area contributed by atoms with Gasteiger partial charge in [0.05, 0.1) is 6.20 Å². The highest BCUT2D eigenvalue weighted by molar-refractivity contribution is 5.79. The summed E-state index contributed by atoms with van der Waals surface area (Å²) >= 11 is 0. The van der Waals surface area contributed by atoms with E-state index in [1.165, 1.54) is 5.56 Å². The highest BCUT2D eigenvalue weighted by Gasteiger charge is 2.15. The molecule has 0 saturated heterocycles. The maximum atomic E-state index is 11.6. The fourth-order valence-electron chi connectivity index (χ4n) is 2.22. The lowest BCUT2D eigenvalue weighted by molar-refractivity contribution is 0.0527. The summed E-state index contributed by atoms with van der Waals surface area (Å²) in [6, 6.07) is 0. The van der Waals surface area contributed by atoms with Crippen molar-refractivity contribution < 1.29 is 9.53 Å². The maximum Gasteiger partial charge on any atom is 0.407 e. The monoisotopic (exact) mass is 366 g/mol. The smallest absolute Gasteiger partial charge is 0.407 e. The van der Waals surface area contributed by atoms with Crippen LogP contribution in [0.4, 0.5) is 4.79 Å². The van der Waals surface area contributed by atoms with E-state index in [0.717, 1.165) is 38.3 Å². The molecular weight excluding hydrogens is 332 g/mol. The molecule has 0 unspecified atom stereocenters. The molecule has 0 aliphatic carbocycles. The first-order chi connectivity index (χ1) is 12.3. The van der Waals surface area contributed by atoms with Gasteiger partial charge in [0.15, 0.2) is 5.96 Å². The minimum absolute atomic E-state index is 0.387. The number of carbonyl (C=O) groups excluding carboxylic acids is 1. The molecule has 0 saturated carbocycles.